The van der Waals surface area contributed by atoms with E-state index in [2.05, 4.69) is 19.1 Å². The van der Waals surface area contributed by atoms with Crippen LogP contribution in [0.3, 0.4) is 0 Å². The summed E-state index contributed by atoms with van der Waals surface area (Å²) in [6.45, 7) is 3.98. The van der Waals surface area contributed by atoms with Gasteiger partial charge in [0.2, 0.25) is 0 Å². The number of fused-ring (bicyclic) bond motifs is 5. The van der Waals surface area contributed by atoms with Gasteiger partial charge in [-0.05, 0) is 80.3 Å². The first-order valence-corrected chi connectivity index (χ1v) is 10.6. The Labute approximate surface area is 162 Å². The summed E-state index contributed by atoms with van der Waals surface area (Å²) in [7, 11) is 0. The first kappa shape index (κ1) is 18.9. The van der Waals surface area contributed by atoms with Gasteiger partial charge < -0.3 is 9.84 Å². The van der Waals surface area contributed by atoms with Crippen molar-refractivity contribution in [2.45, 2.75) is 70.8 Å². The van der Waals surface area contributed by atoms with Crippen LogP contribution < -0.4 is 0 Å². The Kier molecular flexibility index (Phi) is 4.82. The van der Waals surface area contributed by atoms with Gasteiger partial charge in [0.25, 0.3) is 0 Å². The second kappa shape index (κ2) is 6.88. The van der Waals surface area contributed by atoms with E-state index in [-0.39, 0.29) is 23.8 Å². The van der Waals surface area contributed by atoms with Gasteiger partial charge in [0.05, 0.1) is 0 Å². The van der Waals surface area contributed by atoms with E-state index in [1.807, 2.05) is 6.08 Å². The van der Waals surface area contributed by atoms with E-state index < -0.39 is 5.60 Å². The molecule has 0 aromatic carbocycles. The molecule has 148 valence electrons. The highest BCUT2D eigenvalue weighted by atomic mass is 16.6. The van der Waals surface area contributed by atoms with E-state index in [4.69, 9.17) is 4.74 Å². The van der Waals surface area contributed by atoms with Crippen LogP contribution in [0.1, 0.15) is 65.2 Å². The Bertz CT molecular complexity index is 692. The average molecular weight is 373 g/mol. The van der Waals surface area contributed by atoms with Crippen LogP contribution in [0.5, 0.6) is 0 Å². The van der Waals surface area contributed by atoms with Crippen molar-refractivity contribution in [3.05, 3.63) is 23.8 Å². The van der Waals surface area contributed by atoms with Crippen molar-refractivity contribution >= 4 is 11.8 Å². The lowest BCUT2D eigenvalue weighted by molar-refractivity contribution is -0.180. The molecule has 0 radical (unpaired) electrons. The molecule has 0 aromatic rings. The Hall–Kier alpha value is -1.42. The lowest BCUT2D eigenvalue weighted by Gasteiger charge is -2.55. The van der Waals surface area contributed by atoms with E-state index in [1.54, 1.807) is 0 Å². The zero-order valence-electron chi connectivity index (χ0n) is 16.6. The zero-order chi connectivity index (χ0) is 19.2. The average Bonchev–Trinajstić information content (AvgIpc) is 2.91. The van der Waals surface area contributed by atoms with Crippen LogP contribution in [-0.2, 0) is 14.3 Å². The fourth-order valence-corrected chi connectivity index (χ4v) is 7.02. The number of hydrogen-bond acceptors (Lipinski definition) is 4. The molecule has 2 fully saturated rings. The highest BCUT2D eigenvalue weighted by Gasteiger charge is 2.63. The number of esters is 1. The van der Waals surface area contributed by atoms with Gasteiger partial charge in [0.15, 0.2) is 5.78 Å². The van der Waals surface area contributed by atoms with Crippen molar-refractivity contribution < 1.29 is 19.4 Å². The van der Waals surface area contributed by atoms with Crippen LogP contribution >= 0.6 is 0 Å². The Morgan fingerprint density at radius 3 is 2.85 bits per heavy atom. The predicted molar refractivity (Wildman–Crippen MR) is 103 cm³/mol. The molecule has 27 heavy (non-hydrogen) atoms. The molecule has 2 saturated carbocycles. The maximum absolute atomic E-state index is 11.9. The molecule has 0 spiro atoms. The van der Waals surface area contributed by atoms with Crippen molar-refractivity contribution in [1.82, 2.24) is 0 Å². The van der Waals surface area contributed by atoms with Crippen molar-refractivity contribution in [3.8, 4) is 0 Å². The third-order valence-corrected chi connectivity index (χ3v) is 8.24. The topological polar surface area (TPSA) is 63.6 Å². The lowest BCUT2D eigenvalue weighted by atomic mass is 9.52. The van der Waals surface area contributed by atoms with Crippen LogP contribution in [0, 0.1) is 29.1 Å². The Morgan fingerprint density at radius 2 is 2.11 bits per heavy atom. The molecule has 0 unspecified atom stereocenters. The summed E-state index contributed by atoms with van der Waals surface area (Å²) < 4.78 is 6.04. The van der Waals surface area contributed by atoms with E-state index in [0.717, 1.165) is 38.5 Å². The van der Waals surface area contributed by atoms with Gasteiger partial charge in [-0.25, -0.2) is 0 Å². The number of ether oxygens (including phenoxy) is 1. The summed E-state index contributed by atoms with van der Waals surface area (Å²) in [5.74, 6) is 2.20. The molecule has 4 aliphatic carbocycles. The molecular weight excluding hydrogens is 340 g/mol. The molecule has 0 aromatic heterocycles. The van der Waals surface area contributed by atoms with Gasteiger partial charge >= 0.3 is 5.97 Å². The fraction of sp³-hybridized carbons (Fsp3) is 0.739. The number of hydrogen-bond donors (Lipinski definition) is 1. The minimum Gasteiger partial charge on any atom is -0.459 e. The minimum absolute atomic E-state index is 0.0367. The Balaban J connectivity index is 1.66. The smallest absolute Gasteiger partial charge is 0.303 e. The summed E-state index contributed by atoms with van der Waals surface area (Å²) in [5.41, 5.74) is 0.759. The van der Waals surface area contributed by atoms with Crippen LogP contribution in [0.25, 0.3) is 0 Å². The summed E-state index contributed by atoms with van der Waals surface area (Å²) >= 11 is 0. The first-order valence-electron chi connectivity index (χ1n) is 10.6. The second-order valence-electron chi connectivity index (χ2n) is 9.37. The number of ketones is 1. The molecule has 0 amide bonds. The largest absolute Gasteiger partial charge is 0.459 e. The predicted octanol–water partition coefficient (Wildman–Crippen LogP) is 3.98. The molecule has 4 nitrogen and oxygen atoms in total. The van der Waals surface area contributed by atoms with E-state index >= 15 is 0 Å². The number of aliphatic hydroxyl groups is 1. The summed E-state index contributed by atoms with van der Waals surface area (Å²) in [5, 5.41) is 9.41. The van der Waals surface area contributed by atoms with Gasteiger partial charge in [-0.15, -0.1) is 0 Å². The normalized spacial score (nSPS) is 42.8. The zero-order valence-corrected chi connectivity index (χ0v) is 16.6. The van der Waals surface area contributed by atoms with E-state index in [1.165, 1.54) is 12.5 Å². The van der Waals surface area contributed by atoms with Crippen LogP contribution in [-0.4, -0.2) is 29.1 Å². The van der Waals surface area contributed by atoms with Gasteiger partial charge in [0, 0.05) is 25.4 Å². The molecule has 4 heteroatoms. The molecule has 0 bridgehead atoms. The van der Waals surface area contributed by atoms with Crippen molar-refractivity contribution in [2.24, 2.45) is 29.1 Å². The van der Waals surface area contributed by atoms with E-state index in [0.29, 0.717) is 36.5 Å². The van der Waals surface area contributed by atoms with E-state index in [9.17, 15) is 14.7 Å². The van der Waals surface area contributed by atoms with Crippen LogP contribution in [0.2, 0.25) is 0 Å². The molecule has 1 N–H and O–H groups in total. The lowest BCUT2D eigenvalue weighted by Crippen LogP contribution is -2.53. The maximum Gasteiger partial charge on any atom is 0.303 e. The number of allylic oxidation sites excluding steroid dienone is 4. The monoisotopic (exact) mass is 372 g/mol. The summed E-state index contributed by atoms with van der Waals surface area (Å²) in [6.07, 6.45) is 13.7. The van der Waals surface area contributed by atoms with Gasteiger partial charge in [0.1, 0.15) is 5.60 Å². The first-order chi connectivity index (χ1) is 12.9. The van der Waals surface area contributed by atoms with Crippen molar-refractivity contribution in [3.63, 3.8) is 0 Å². The van der Waals surface area contributed by atoms with Gasteiger partial charge in [-0.3, -0.25) is 9.59 Å². The van der Waals surface area contributed by atoms with Crippen LogP contribution in [0.15, 0.2) is 23.8 Å². The molecular formula is C23H32O4. The maximum atomic E-state index is 11.9. The molecule has 4 aliphatic rings. The van der Waals surface area contributed by atoms with Crippen molar-refractivity contribution in [2.75, 3.05) is 6.61 Å². The molecule has 6 atom stereocenters. The second-order valence-corrected chi connectivity index (χ2v) is 9.37. The molecule has 0 heterocycles. The summed E-state index contributed by atoms with van der Waals surface area (Å²) in [6, 6.07) is 0. The quantitative estimate of drug-likeness (QED) is 0.758. The Morgan fingerprint density at radius 1 is 1.30 bits per heavy atom. The SMILES string of the molecule is CC(=O)O[C@@]1(CCCO)CC[C@H]2[C@@H]3C=CC4=CC(=O)CC[C@@H]4[C@H]3CC[C@@]21C. The third-order valence-electron chi connectivity index (χ3n) is 8.24. The molecule has 4 rings (SSSR count). The van der Waals surface area contributed by atoms with Gasteiger partial charge in [-0.2, -0.15) is 0 Å². The highest BCUT2D eigenvalue weighted by Crippen LogP contribution is 2.65. The highest BCUT2D eigenvalue weighted by molar-refractivity contribution is 5.91. The third kappa shape index (κ3) is 2.91. The number of aliphatic hydroxyl groups excluding tert-OH is 1. The standard InChI is InChI=1S/C23H32O4/c1-15(25)27-23(10-3-13-24)12-9-21-20-6-4-16-14-17(26)5-7-18(16)19(20)8-11-22(21,23)2/h4,6,14,18-21,24H,3,5,7-13H2,1-2H3/t18-,19+,20+,21-,22-,23-/m0/s1. The number of carbonyl (C=O) groups excluding carboxylic acids is 2. The fourth-order valence-electron chi connectivity index (χ4n) is 7.02. The number of rotatable bonds is 4. The summed E-state index contributed by atoms with van der Waals surface area (Å²) in [4.78, 5) is 23.8. The van der Waals surface area contributed by atoms with Crippen LogP contribution in [0.4, 0.5) is 0 Å². The minimum atomic E-state index is -0.441. The number of carbonyl (C=O) groups is 2. The van der Waals surface area contributed by atoms with Crippen molar-refractivity contribution in [1.29, 1.82) is 0 Å². The molecule has 0 saturated heterocycles. The molecule has 0 aliphatic heterocycles. The van der Waals surface area contributed by atoms with Gasteiger partial charge in [-0.1, -0.05) is 19.1 Å².